The minimum atomic E-state index is -1.33. The fourth-order valence-corrected chi connectivity index (χ4v) is 1.69. The van der Waals surface area contributed by atoms with Crippen molar-refractivity contribution in [1.29, 1.82) is 0 Å². The predicted octanol–water partition coefficient (Wildman–Crippen LogP) is -1.09. The van der Waals surface area contributed by atoms with E-state index < -0.39 is 12.0 Å². The molecule has 6 nitrogen and oxygen atoms in total. The number of hydrogen-bond acceptors (Lipinski definition) is 4. The first-order chi connectivity index (χ1) is 7.49. The van der Waals surface area contributed by atoms with Crippen molar-refractivity contribution in [2.45, 2.75) is 37.4 Å². The van der Waals surface area contributed by atoms with E-state index in [1.54, 1.807) is 7.11 Å². The average Bonchev–Trinajstić information content (AvgIpc) is 2.19. The summed E-state index contributed by atoms with van der Waals surface area (Å²) < 4.78 is 5.28. The van der Waals surface area contributed by atoms with Crippen LogP contribution in [0, 0.1) is 0 Å². The van der Waals surface area contributed by atoms with Crippen LogP contribution in [0.5, 0.6) is 0 Å². The Labute approximate surface area is 94.1 Å². The van der Waals surface area contributed by atoms with Gasteiger partial charge in [-0.15, -0.1) is 0 Å². The number of carbonyl (C=O) groups excluding carboxylic acids is 2. The lowest BCUT2D eigenvalue weighted by atomic mass is 9.77. The molecule has 1 rings (SSSR count). The zero-order valence-electron chi connectivity index (χ0n) is 9.36. The van der Waals surface area contributed by atoms with Crippen LogP contribution in [0.4, 0.5) is 0 Å². The molecule has 0 aromatic rings. The van der Waals surface area contributed by atoms with Gasteiger partial charge in [0.15, 0.2) is 0 Å². The van der Waals surface area contributed by atoms with Crippen LogP contribution in [-0.4, -0.2) is 42.3 Å². The van der Waals surface area contributed by atoms with Gasteiger partial charge in [-0.1, -0.05) is 0 Å². The lowest BCUT2D eigenvalue weighted by Gasteiger charge is -2.39. The highest BCUT2D eigenvalue weighted by Gasteiger charge is 2.38. The van der Waals surface area contributed by atoms with Crippen LogP contribution in [0.2, 0.25) is 0 Å². The van der Waals surface area contributed by atoms with Crippen molar-refractivity contribution in [3.63, 3.8) is 0 Å². The number of rotatable bonds is 6. The number of primary amides is 1. The van der Waals surface area contributed by atoms with Crippen molar-refractivity contribution >= 4 is 11.8 Å². The van der Waals surface area contributed by atoms with E-state index >= 15 is 0 Å². The first kappa shape index (κ1) is 12.9. The van der Waals surface area contributed by atoms with Crippen LogP contribution in [0.1, 0.15) is 25.7 Å². The summed E-state index contributed by atoms with van der Waals surface area (Å²) in [5, 5.41) is 11.5. The van der Waals surface area contributed by atoms with Crippen LogP contribution in [0.15, 0.2) is 0 Å². The summed E-state index contributed by atoms with van der Waals surface area (Å²) in [5.74, 6) is -1.08. The standard InChI is InChI=1S/C10H18N2O4/c1-16-10(3-2-4-10)5-8(14)12-6-7(13)9(11)15/h7,13H,2-6H2,1H3,(H2,11,15)(H,12,14). The van der Waals surface area contributed by atoms with Crippen LogP contribution >= 0.6 is 0 Å². The van der Waals surface area contributed by atoms with Crippen molar-refractivity contribution in [1.82, 2.24) is 5.32 Å². The third-order valence-electron chi connectivity index (χ3n) is 3.00. The molecular formula is C10H18N2O4. The number of aliphatic hydroxyl groups is 1. The number of ether oxygens (including phenoxy) is 1. The Kier molecular flexibility index (Phi) is 4.26. The molecule has 1 atom stereocenters. The summed E-state index contributed by atoms with van der Waals surface area (Å²) in [6, 6.07) is 0. The molecule has 2 amide bonds. The average molecular weight is 230 g/mol. The van der Waals surface area contributed by atoms with Gasteiger partial charge in [-0.05, 0) is 19.3 Å². The fourth-order valence-electron chi connectivity index (χ4n) is 1.69. The normalized spacial score (nSPS) is 19.6. The third kappa shape index (κ3) is 3.18. The van der Waals surface area contributed by atoms with E-state index in [0.717, 1.165) is 19.3 Å². The van der Waals surface area contributed by atoms with Crippen LogP contribution in [-0.2, 0) is 14.3 Å². The van der Waals surface area contributed by atoms with Crippen LogP contribution < -0.4 is 11.1 Å². The number of aliphatic hydroxyl groups excluding tert-OH is 1. The molecule has 0 aromatic heterocycles. The lowest BCUT2D eigenvalue weighted by Crippen LogP contribution is -2.46. The van der Waals surface area contributed by atoms with Gasteiger partial charge in [0.05, 0.1) is 18.6 Å². The van der Waals surface area contributed by atoms with Crippen LogP contribution in [0.3, 0.4) is 0 Å². The van der Waals surface area contributed by atoms with E-state index in [4.69, 9.17) is 15.6 Å². The van der Waals surface area contributed by atoms with E-state index in [0.29, 0.717) is 0 Å². The summed E-state index contributed by atoms with van der Waals surface area (Å²) in [5.41, 5.74) is 4.50. The Morgan fingerprint density at radius 2 is 2.19 bits per heavy atom. The Morgan fingerprint density at radius 3 is 2.56 bits per heavy atom. The van der Waals surface area contributed by atoms with Gasteiger partial charge in [-0.25, -0.2) is 0 Å². The van der Waals surface area contributed by atoms with Crippen molar-refractivity contribution in [2.75, 3.05) is 13.7 Å². The van der Waals surface area contributed by atoms with Gasteiger partial charge in [0.1, 0.15) is 6.10 Å². The van der Waals surface area contributed by atoms with Gasteiger partial charge in [0, 0.05) is 7.11 Å². The smallest absolute Gasteiger partial charge is 0.248 e. The van der Waals surface area contributed by atoms with E-state index in [1.807, 2.05) is 0 Å². The van der Waals surface area contributed by atoms with Gasteiger partial charge in [-0.3, -0.25) is 9.59 Å². The molecule has 0 radical (unpaired) electrons. The quantitative estimate of drug-likeness (QED) is 0.539. The summed E-state index contributed by atoms with van der Waals surface area (Å²) in [6.45, 7) is -0.145. The molecule has 6 heteroatoms. The number of amides is 2. The number of nitrogens with two attached hydrogens (primary N) is 1. The molecule has 1 aliphatic carbocycles. The number of carbonyl (C=O) groups is 2. The third-order valence-corrected chi connectivity index (χ3v) is 3.00. The second-order valence-corrected chi connectivity index (χ2v) is 4.14. The molecule has 0 heterocycles. The largest absolute Gasteiger partial charge is 0.381 e. The summed E-state index contributed by atoms with van der Waals surface area (Å²) >= 11 is 0. The van der Waals surface area contributed by atoms with Gasteiger partial charge >= 0.3 is 0 Å². The van der Waals surface area contributed by atoms with Crippen molar-refractivity contribution in [3.05, 3.63) is 0 Å². The SMILES string of the molecule is COC1(CC(=O)NCC(O)C(N)=O)CCC1. The molecule has 1 unspecified atom stereocenters. The summed E-state index contributed by atoms with van der Waals surface area (Å²) in [4.78, 5) is 22.0. The second kappa shape index (κ2) is 5.27. The molecule has 1 aliphatic rings. The molecule has 1 saturated carbocycles. The molecule has 0 aromatic carbocycles. The molecule has 4 N–H and O–H groups in total. The fraction of sp³-hybridized carbons (Fsp3) is 0.800. The number of hydrogen-bond donors (Lipinski definition) is 3. The molecule has 0 aliphatic heterocycles. The van der Waals surface area contributed by atoms with Gasteiger partial charge < -0.3 is 20.9 Å². The Hall–Kier alpha value is -1.14. The van der Waals surface area contributed by atoms with E-state index in [9.17, 15) is 9.59 Å². The highest BCUT2D eigenvalue weighted by atomic mass is 16.5. The molecule has 0 saturated heterocycles. The lowest BCUT2D eigenvalue weighted by molar-refractivity contribution is -0.135. The maximum absolute atomic E-state index is 11.5. The Morgan fingerprint density at radius 1 is 1.56 bits per heavy atom. The highest BCUT2D eigenvalue weighted by molar-refractivity contribution is 5.81. The monoisotopic (exact) mass is 230 g/mol. The Bertz CT molecular complexity index is 270. The van der Waals surface area contributed by atoms with Crippen molar-refractivity contribution < 1.29 is 19.4 Å². The molecule has 92 valence electrons. The van der Waals surface area contributed by atoms with Gasteiger partial charge in [-0.2, -0.15) is 0 Å². The minimum Gasteiger partial charge on any atom is -0.381 e. The summed E-state index contributed by atoms with van der Waals surface area (Å²) in [7, 11) is 1.59. The highest BCUT2D eigenvalue weighted by Crippen LogP contribution is 2.37. The van der Waals surface area contributed by atoms with Gasteiger partial charge in [0.2, 0.25) is 11.8 Å². The molecular weight excluding hydrogens is 212 g/mol. The van der Waals surface area contributed by atoms with E-state index in [1.165, 1.54) is 0 Å². The van der Waals surface area contributed by atoms with E-state index in [-0.39, 0.29) is 24.5 Å². The van der Waals surface area contributed by atoms with Gasteiger partial charge in [0.25, 0.3) is 0 Å². The Balaban J connectivity index is 2.28. The number of nitrogens with one attached hydrogen (secondary N) is 1. The first-order valence-corrected chi connectivity index (χ1v) is 5.28. The molecule has 0 bridgehead atoms. The van der Waals surface area contributed by atoms with E-state index in [2.05, 4.69) is 5.32 Å². The minimum absolute atomic E-state index is 0.145. The first-order valence-electron chi connectivity index (χ1n) is 5.28. The summed E-state index contributed by atoms with van der Waals surface area (Å²) in [6.07, 6.45) is 1.73. The zero-order chi connectivity index (χ0) is 12.2. The van der Waals surface area contributed by atoms with Crippen molar-refractivity contribution in [2.24, 2.45) is 5.73 Å². The van der Waals surface area contributed by atoms with Crippen molar-refractivity contribution in [3.8, 4) is 0 Å². The maximum Gasteiger partial charge on any atom is 0.248 e. The molecule has 16 heavy (non-hydrogen) atoms. The van der Waals surface area contributed by atoms with Crippen LogP contribution in [0.25, 0.3) is 0 Å². The maximum atomic E-state index is 11.5. The zero-order valence-corrected chi connectivity index (χ0v) is 9.36. The number of methoxy groups -OCH3 is 1. The second-order valence-electron chi connectivity index (χ2n) is 4.14. The molecule has 0 spiro atoms. The topological polar surface area (TPSA) is 102 Å². The molecule has 1 fully saturated rings. The predicted molar refractivity (Wildman–Crippen MR) is 56.4 cm³/mol.